The fourth-order valence-electron chi connectivity index (χ4n) is 0.214. The van der Waals surface area contributed by atoms with E-state index in [2.05, 4.69) is 10.0 Å². The average molecular weight is 133 g/mol. The van der Waals surface area contributed by atoms with Gasteiger partial charge in [0.05, 0.1) is 0 Å². The normalized spacial score (nSPS) is 12.1. The van der Waals surface area contributed by atoms with Crippen LogP contribution in [0.1, 0.15) is 0 Å². The minimum absolute atomic E-state index is 0.333. The van der Waals surface area contributed by atoms with Gasteiger partial charge in [-0.2, -0.15) is 0 Å². The van der Waals surface area contributed by atoms with Gasteiger partial charge in [0.2, 0.25) is 0 Å². The first kappa shape index (κ1) is 7.46. The summed E-state index contributed by atoms with van der Waals surface area (Å²) in [5.74, 6) is 0.462. The lowest BCUT2D eigenvalue weighted by molar-refractivity contribution is 0.686. The van der Waals surface area contributed by atoms with Crippen LogP contribution in [-0.2, 0) is 10.8 Å². The molecule has 46 valence electrons. The Morgan fingerprint density at radius 1 is 1.88 bits per heavy atom. The van der Waals surface area contributed by atoms with Gasteiger partial charge >= 0.3 is 0 Å². The SMILES string of the molecule is C[S@@](=O)CCN=[N+]=[N-]. The zero-order valence-corrected chi connectivity index (χ0v) is 5.39. The Morgan fingerprint density at radius 2 is 2.50 bits per heavy atom. The highest BCUT2D eigenvalue weighted by molar-refractivity contribution is 7.84. The lowest BCUT2D eigenvalue weighted by Gasteiger charge is -1.83. The van der Waals surface area contributed by atoms with E-state index in [0.29, 0.717) is 12.3 Å². The summed E-state index contributed by atoms with van der Waals surface area (Å²) in [5.41, 5.74) is 7.74. The van der Waals surface area contributed by atoms with Gasteiger partial charge in [0.15, 0.2) is 0 Å². The highest BCUT2D eigenvalue weighted by Crippen LogP contribution is 1.75. The van der Waals surface area contributed by atoms with E-state index in [9.17, 15) is 4.21 Å². The van der Waals surface area contributed by atoms with Crippen molar-refractivity contribution >= 4 is 10.8 Å². The van der Waals surface area contributed by atoms with Crippen molar-refractivity contribution in [1.29, 1.82) is 0 Å². The highest BCUT2D eigenvalue weighted by Gasteiger charge is 1.84. The fourth-order valence-corrected chi connectivity index (χ4v) is 0.553. The zero-order chi connectivity index (χ0) is 6.41. The van der Waals surface area contributed by atoms with Crippen molar-refractivity contribution < 1.29 is 4.21 Å². The third-order valence-electron chi connectivity index (χ3n) is 0.542. The van der Waals surface area contributed by atoms with Gasteiger partial charge in [-0.3, -0.25) is 4.21 Å². The molecular formula is C3H7N3OS. The summed E-state index contributed by atoms with van der Waals surface area (Å²) < 4.78 is 10.2. The molecule has 1 atom stereocenters. The van der Waals surface area contributed by atoms with Gasteiger partial charge in [-0.1, -0.05) is 5.11 Å². The Balaban J connectivity index is 3.18. The lowest BCUT2D eigenvalue weighted by atomic mass is 10.8. The summed E-state index contributed by atoms with van der Waals surface area (Å²) in [6, 6.07) is 0. The molecule has 0 aromatic rings. The predicted molar refractivity (Wildman–Crippen MR) is 32.9 cm³/mol. The van der Waals surface area contributed by atoms with Crippen molar-refractivity contribution in [3.05, 3.63) is 10.4 Å². The maximum atomic E-state index is 10.2. The Kier molecular flexibility index (Phi) is 4.30. The van der Waals surface area contributed by atoms with Crippen molar-refractivity contribution in [2.45, 2.75) is 0 Å². The van der Waals surface area contributed by atoms with Crippen LogP contribution in [0.15, 0.2) is 5.11 Å². The summed E-state index contributed by atoms with van der Waals surface area (Å²) in [4.78, 5) is 2.50. The molecule has 0 aliphatic heterocycles. The molecule has 0 radical (unpaired) electrons. The van der Waals surface area contributed by atoms with Crippen LogP contribution in [0, 0.1) is 0 Å². The molecule has 0 saturated carbocycles. The van der Waals surface area contributed by atoms with Crippen LogP contribution in [0.2, 0.25) is 0 Å². The van der Waals surface area contributed by atoms with Gasteiger partial charge in [-0.25, -0.2) is 0 Å². The minimum atomic E-state index is -0.832. The molecule has 0 bridgehead atoms. The van der Waals surface area contributed by atoms with Gasteiger partial charge in [0.1, 0.15) is 0 Å². The van der Waals surface area contributed by atoms with E-state index in [0.717, 1.165) is 0 Å². The molecule has 8 heavy (non-hydrogen) atoms. The van der Waals surface area contributed by atoms with Crippen LogP contribution in [-0.4, -0.2) is 22.8 Å². The molecule has 0 N–H and O–H groups in total. The lowest BCUT2D eigenvalue weighted by Crippen LogP contribution is -1.95. The number of hydrogen-bond donors (Lipinski definition) is 0. The van der Waals surface area contributed by atoms with E-state index in [1.807, 2.05) is 0 Å². The number of azide groups is 1. The van der Waals surface area contributed by atoms with E-state index >= 15 is 0 Å². The molecule has 0 saturated heterocycles. The molecule has 5 heteroatoms. The number of nitrogens with zero attached hydrogens (tertiary/aromatic N) is 3. The Labute approximate surface area is 50.0 Å². The zero-order valence-electron chi connectivity index (χ0n) is 4.57. The standard InChI is InChI=1S/C3H7N3OS/c1-8(7)3-2-5-6-4/h2-3H2,1H3/t8-/m1/s1. The number of hydrogen-bond acceptors (Lipinski definition) is 2. The van der Waals surface area contributed by atoms with Gasteiger partial charge in [-0.05, 0) is 5.53 Å². The predicted octanol–water partition coefficient (Wildman–Crippen LogP) is 0.675. The Hall–Kier alpha value is -0.540. The average Bonchev–Trinajstić information content (AvgIpc) is 1.66. The van der Waals surface area contributed by atoms with Crippen LogP contribution in [0.5, 0.6) is 0 Å². The molecule has 0 amide bonds. The molecule has 0 spiro atoms. The van der Waals surface area contributed by atoms with Gasteiger partial charge in [0, 0.05) is 34.3 Å². The van der Waals surface area contributed by atoms with Crippen LogP contribution in [0.4, 0.5) is 0 Å². The van der Waals surface area contributed by atoms with Crippen molar-refractivity contribution in [3.8, 4) is 0 Å². The van der Waals surface area contributed by atoms with E-state index in [1.165, 1.54) is 0 Å². The maximum Gasteiger partial charge on any atom is 0.0373 e. The fraction of sp³-hybridized carbons (Fsp3) is 1.00. The third kappa shape index (κ3) is 5.46. The van der Waals surface area contributed by atoms with Crippen LogP contribution < -0.4 is 0 Å². The highest BCUT2D eigenvalue weighted by atomic mass is 32.2. The van der Waals surface area contributed by atoms with Crippen molar-refractivity contribution in [2.75, 3.05) is 18.6 Å². The van der Waals surface area contributed by atoms with Gasteiger partial charge < -0.3 is 0 Å². The molecule has 0 unspecified atom stereocenters. The first-order valence-corrected chi connectivity index (χ1v) is 3.81. The second-order valence-corrected chi connectivity index (χ2v) is 2.79. The molecule has 4 nitrogen and oxygen atoms in total. The van der Waals surface area contributed by atoms with Gasteiger partial charge in [-0.15, -0.1) is 0 Å². The van der Waals surface area contributed by atoms with E-state index in [-0.39, 0.29) is 0 Å². The van der Waals surface area contributed by atoms with Crippen LogP contribution in [0.3, 0.4) is 0 Å². The molecule has 0 aliphatic rings. The summed E-state index contributed by atoms with van der Waals surface area (Å²) >= 11 is 0. The smallest absolute Gasteiger partial charge is 0.0373 e. The summed E-state index contributed by atoms with van der Waals surface area (Å²) in [6.07, 6.45) is 1.58. The quantitative estimate of drug-likeness (QED) is 0.317. The largest absolute Gasteiger partial charge is 0.260 e. The second-order valence-electron chi connectivity index (χ2n) is 1.23. The Morgan fingerprint density at radius 3 is 2.88 bits per heavy atom. The molecule has 0 aromatic heterocycles. The molecule has 0 heterocycles. The maximum absolute atomic E-state index is 10.2. The molecule has 0 aromatic carbocycles. The molecule has 0 rings (SSSR count). The summed E-state index contributed by atoms with van der Waals surface area (Å²) in [7, 11) is -0.832. The number of rotatable bonds is 3. The third-order valence-corrected chi connectivity index (χ3v) is 1.30. The van der Waals surface area contributed by atoms with Crippen LogP contribution in [0.25, 0.3) is 10.4 Å². The van der Waals surface area contributed by atoms with Crippen molar-refractivity contribution in [3.63, 3.8) is 0 Å². The molecule has 0 fully saturated rings. The van der Waals surface area contributed by atoms with E-state index < -0.39 is 10.8 Å². The van der Waals surface area contributed by atoms with Gasteiger partial charge in [0.25, 0.3) is 0 Å². The first-order chi connectivity index (χ1) is 3.77. The second kappa shape index (κ2) is 4.61. The molecule has 0 aliphatic carbocycles. The summed E-state index contributed by atoms with van der Waals surface area (Å²) in [6.45, 7) is 0.333. The van der Waals surface area contributed by atoms with E-state index in [4.69, 9.17) is 5.53 Å². The monoisotopic (exact) mass is 133 g/mol. The molecular weight excluding hydrogens is 126 g/mol. The van der Waals surface area contributed by atoms with E-state index in [1.54, 1.807) is 6.26 Å². The summed E-state index contributed by atoms with van der Waals surface area (Å²) in [5, 5.41) is 3.20. The van der Waals surface area contributed by atoms with Crippen molar-refractivity contribution in [2.24, 2.45) is 5.11 Å². The van der Waals surface area contributed by atoms with Crippen LogP contribution >= 0.6 is 0 Å². The Bertz CT molecular complexity index is 126. The topological polar surface area (TPSA) is 65.8 Å². The first-order valence-electron chi connectivity index (χ1n) is 2.08. The van der Waals surface area contributed by atoms with Crippen molar-refractivity contribution in [1.82, 2.24) is 0 Å². The minimum Gasteiger partial charge on any atom is -0.260 e.